The molecule has 396 valence electrons. The van der Waals surface area contributed by atoms with Crippen LogP contribution in [-0.2, 0) is 19.3 Å². The molecule has 0 heterocycles. The van der Waals surface area contributed by atoms with E-state index < -0.39 is 17.9 Å². The quantitative estimate of drug-likeness (QED) is 0.0250. The van der Waals surface area contributed by atoms with Crippen LogP contribution in [0.3, 0.4) is 0 Å². The van der Waals surface area contributed by atoms with Gasteiger partial charge in [0.2, 0.25) is 0 Å². The van der Waals surface area contributed by atoms with Crippen molar-refractivity contribution < 1.29 is 28.6 Å². The van der Waals surface area contributed by atoms with E-state index >= 15 is 0 Å². The first-order chi connectivity index (χ1) is 35.4. The van der Waals surface area contributed by atoms with Gasteiger partial charge in [-0.15, -0.1) is 0 Å². The molecule has 4 rings (SSSR count). The second-order valence-corrected chi connectivity index (χ2v) is 20.6. The van der Waals surface area contributed by atoms with Gasteiger partial charge in [0.25, 0.3) is 0 Å². The molecule has 0 aliphatic carbocycles. The van der Waals surface area contributed by atoms with Crippen molar-refractivity contribution in [1.82, 2.24) is 0 Å². The highest BCUT2D eigenvalue weighted by molar-refractivity contribution is 6.06. The minimum absolute atomic E-state index is 0.0285. The molecular formula is C66H96O6. The number of benzene rings is 4. The first kappa shape index (κ1) is 59.8. The van der Waals surface area contributed by atoms with Crippen molar-refractivity contribution >= 4 is 17.9 Å². The number of aryl methyl sites for hydroxylation is 3. The van der Waals surface area contributed by atoms with Gasteiger partial charge >= 0.3 is 17.9 Å². The van der Waals surface area contributed by atoms with Crippen LogP contribution >= 0.6 is 0 Å². The predicted octanol–water partition coefficient (Wildman–Crippen LogP) is 19.9. The lowest BCUT2D eigenvalue weighted by molar-refractivity contribution is 0.0688. The summed E-state index contributed by atoms with van der Waals surface area (Å²) in [5, 5.41) is 0. The molecule has 4 aromatic carbocycles. The molecule has 0 amide bonds. The van der Waals surface area contributed by atoms with Crippen molar-refractivity contribution in [3.05, 3.63) is 124 Å². The maximum Gasteiger partial charge on any atom is 0.344 e. The summed E-state index contributed by atoms with van der Waals surface area (Å²) in [4.78, 5) is 42.6. The van der Waals surface area contributed by atoms with E-state index in [1.807, 2.05) is 66.7 Å². The Bertz CT molecular complexity index is 2070. The van der Waals surface area contributed by atoms with Crippen molar-refractivity contribution in [3.63, 3.8) is 0 Å². The molecule has 6 nitrogen and oxygen atoms in total. The Morgan fingerprint density at radius 2 is 0.556 bits per heavy atom. The molecule has 72 heavy (non-hydrogen) atoms. The molecule has 0 aliphatic heterocycles. The molecule has 0 atom stereocenters. The lowest BCUT2D eigenvalue weighted by Crippen LogP contribution is -2.20. The highest BCUT2D eigenvalue weighted by atomic mass is 16.5. The number of hydrogen-bond donors (Lipinski definition) is 0. The summed E-state index contributed by atoms with van der Waals surface area (Å²) in [6.45, 7) is 6.78. The molecule has 4 aromatic rings. The van der Waals surface area contributed by atoms with Gasteiger partial charge in [0.05, 0.1) is 16.7 Å². The summed E-state index contributed by atoms with van der Waals surface area (Å²) in [7, 11) is 0. The van der Waals surface area contributed by atoms with Gasteiger partial charge in [-0.05, 0) is 91.6 Å². The Hall–Kier alpha value is -4.71. The topological polar surface area (TPSA) is 78.9 Å². The maximum absolute atomic E-state index is 14.4. The molecule has 0 bridgehead atoms. The van der Waals surface area contributed by atoms with E-state index in [1.165, 1.54) is 185 Å². The molecule has 0 saturated heterocycles. The van der Waals surface area contributed by atoms with Crippen LogP contribution in [0.15, 0.2) is 91.0 Å². The summed E-state index contributed by atoms with van der Waals surface area (Å²) in [5.74, 6) is -0.578. The second kappa shape index (κ2) is 38.8. The molecule has 0 aromatic heterocycles. The SMILES string of the molecule is CCCCCCCCCCCCCc1ccccc1OC(=O)c1ccc(C(=O)Oc2ccccc2CCCCCCCCCCCCC)c(C(=O)Oc2ccccc2CCCCCCCCCCCCC)c1. The van der Waals surface area contributed by atoms with Gasteiger partial charge in [0.1, 0.15) is 17.2 Å². The van der Waals surface area contributed by atoms with E-state index in [9.17, 15) is 14.4 Å². The Morgan fingerprint density at radius 1 is 0.292 bits per heavy atom. The monoisotopic (exact) mass is 985 g/mol. The highest BCUT2D eigenvalue weighted by Crippen LogP contribution is 2.28. The zero-order valence-electron chi connectivity index (χ0n) is 45.6. The van der Waals surface area contributed by atoms with Crippen LogP contribution in [0.4, 0.5) is 0 Å². The molecule has 0 fully saturated rings. The summed E-state index contributed by atoms with van der Waals surface area (Å²) in [6, 6.07) is 27.4. The lowest BCUT2D eigenvalue weighted by Gasteiger charge is -2.15. The van der Waals surface area contributed by atoms with Crippen LogP contribution < -0.4 is 14.2 Å². The molecule has 0 unspecified atom stereocenters. The normalized spacial score (nSPS) is 11.2. The molecule has 0 radical (unpaired) electrons. The fourth-order valence-corrected chi connectivity index (χ4v) is 9.86. The largest absolute Gasteiger partial charge is 0.423 e. The minimum Gasteiger partial charge on any atom is -0.423 e. The average Bonchev–Trinajstić information content (AvgIpc) is 3.39. The predicted molar refractivity (Wildman–Crippen MR) is 301 cm³/mol. The first-order valence-electron chi connectivity index (χ1n) is 29.5. The third-order valence-corrected chi connectivity index (χ3v) is 14.4. The van der Waals surface area contributed by atoms with Gasteiger partial charge in [-0.3, -0.25) is 0 Å². The van der Waals surface area contributed by atoms with Crippen LogP contribution in [-0.4, -0.2) is 17.9 Å². The number of unbranched alkanes of at least 4 members (excludes halogenated alkanes) is 30. The van der Waals surface area contributed by atoms with Crippen LogP contribution in [0.25, 0.3) is 0 Å². The van der Waals surface area contributed by atoms with Crippen molar-refractivity contribution in [3.8, 4) is 17.2 Å². The number of ether oxygens (including phenoxy) is 3. The van der Waals surface area contributed by atoms with Gasteiger partial charge in [0, 0.05) is 0 Å². The summed E-state index contributed by atoms with van der Waals surface area (Å²) in [5.41, 5.74) is 3.00. The standard InChI is InChI=1S/C66H96O6/c1-4-7-10-13-16-19-22-25-28-31-34-43-55-46-37-40-49-61(55)70-64(67)58-52-53-59(65(68)71-62-50-41-38-47-56(62)44-35-32-29-26-23-20-17-14-11-8-5-2)60(54-58)66(69)72-63-51-42-39-48-57(63)45-36-33-30-27-24-21-18-15-12-9-6-3/h37-42,46-54H,4-36,43-45H2,1-3H3. The molecule has 0 aliphatic rings. The van der Waals surface area contributed by atoms with E-state index in [1.54, 1.807) is 12.1 Å². The Kier molecular flexibility index (Phi) is 32.3. The second-order valence-electron chi connectivity index (χ2n) is 20.6. The number of para-hydroxylation sites is 3. The Labute approximate surface area is 438 Å². The van der Waals surface area contributed by atoms with Crippen molar-refractivity contribution in [2.75, 3.05) is 0 Å². The van der Waals surface area contributed by atoms with Gasteiger partial charge in [-0.2, -0.15) is 0 Å². The van der Waals surface area contributed by atoms with E-state index in [-0.39, 0.29) is 16.7 Å². The van der Waals surface area contributed by atoms with Gasteiger partial charge in [0.15, 0.2) is 0 Å². The molecule has 6 heteroatoms. The zero-order chi connectivity index (χ0) is 51.1. The Morgan fingerprint density at radius 3 is 0.875 bits per heavy atom. The van der Waals surface area contributed by atoms with Gasteiger partial charge < -0.3 is 14.2 Å². The minimum atomic E-state index is -0.728. The van der Waals surface area contributed by atoms with E-state index in [0.717, 1.165) is 74.5 Å². The smallest absolute Gasteiger partial charge is 0.344 e. The summed E-state index contributed by atoms with van der Waals surface area (Å²) >= 11 is 0. The fraction of sp³-hybridized carbons (Fsp3) is 0.591. The van der Waals surface area contributed by atoms with Gasteiger partial charge in [-0.25, -0.2) is 14.4 Å². The molecule has 0 N–H and O–H groups in total. The Balaban J connectivity index is 1.42. The summed E-state index contributed by atoms with van der Waals surface area (Å²) < 4.78 is 18.3. The first-order valence-corrected chi connectivity index (χ1v) is 29.5. The lowest BCUT2D eigenvalue weighted by atomic mass is 10.0. The maximum atomic E-state index is 14.4. The number of carbonyl (C=O) groups is 3. The van der Waals surface area contributed by atoms with Crippen molar-refractivity contribution in [1.29, 1.82) is 0 Å². The van der Waals surface area contributed by atoms with Gasteiger partial charge in [-0.1, -0.05) is 268 Å². The number of carbonyl (C=O) groups excluding carboxylic acids is 3. The average molecular weight is 985 g/mol. The number of hydrogen-bond acceptors (Lipinski definition) is 6. The third kappa shape index (κ3) is 24.8. The van der Waals surface area contributed by atoms with Crippen LogP contribution in [0.2, 0.25) is 0 Å². The number of esters is 3. The van der Waals surface area contributed by atoms with Crippen LogP contribution in [0.5, 0.6) is 17.2 Å². The van der Waals surface area contributed by atoms with Crippen molar-refractivity contribution in [2.24, 2.45) is 0 Å². The van der Waals surface area contributed by atoms with Crippen LogP contribution in [0, 0.1) is 0 Å². The van der Waals surface area contributed by atoms with E-state index in [2.05, 4.69) is 20.8 Å². The zero-order valence-corrected chi connectivity index (χ0v) is 45.6. The summed E-state index contributed by atoms with van der Waals surface area (Å²) in [6.07, 6.45) is 44.0. The molecular weight excluding hydrogens is 889 g/mol. The highest BCUT2D eigenvalue weighted by Gasteiger charge is 2.25. The molecule has 0 spiro atoms. The fourth-order valence-electron chi connectivity index (χ4n) is 9.86. The van der Waals surface area contributed by atoms with E-state index in [0.29, 0.717) is 17.2 Å². The number of rotatable bonds is 42. The molecule has 0 saturated carbocycles. The van der Waals surface area contributed by atoms with Crippen molar-refractivity contribution in [2.45, 2.75) is 252 Å². The third-order valence-electron chi connectivity index (χ3n) is 14.4. The van der Waals surface area contributed by atoms with E-state index in [4.69, 9.17) is 14.2 Å². The van der Waals surface area contributed by atoms with Crippen LogP contribution in [0.1, 0.15) is 280 Å².